The van der Waals surface area contributed by atoms with Gasteiger partial charge in [0.15, 0.2) is 0 Å². The van der Waals surface area contributed by atoms with Crippen molar-refractivity contribution in [3.63, 3.8) is 0 Å². The van der Waals surface area contributed by atoms with Crippen LogP contribution in [-0.2, 0) is 0 Å². The Labute approximate surface area is 225 Å². The number of H-pyrrole nitrogens is 1. The van der Waals surface area contributed by atoms with Crippen molar-refractivity contribution < 1.29 is 0 Å². The highest BCUT2D eigenvalue weighted by atomic mass is 15.0. The van der Waals surface area contributed by atoms with Crippen LogP contribution in [0.15, 0.2) is 78.1 Å². The maximum atomic E-state index is 4.76. The fraction of sp³-hybridized carbons (Fsp3) is 0.353. The van der Waals surface area contributed by atoms with Crippen molar-refractivity contribution in [2.75, 3.05) is 6.54 Å². The molecule has 0 radical (unpaired) electrons. The third-order valence-corrected chi connectivity index (χ3v) is 8.93. The van der Waals surface area contributed by atoms with E-state index in [0.717, 1.165) is 36.3 Å². The summed E-state index contributed by atoms with van der Waals surface area (Å²) in [6, 6.07) is 22.9. The molecular weight excluding hydrogens is 464 g/mol. The summed E-state index contributed by atoms with van der Waals surface area (Å²) in [6.45, 7) is 5.76. The Bertz CT molecular complexity index is 1540. The molecule has 0 amide bonds. The first kappa shape index (κ1) is 23.6. The van der Waals surface area contributed by atoms with E-state index >= 15 is 0 Å². The van der Waals surface area contributed by atoms with Crippen LogP contribution in [-0.4, -0.2) is 28.3 Å². The highest BCUT2D eigenvalue weighted by molar-refractivity contribution is 6.01. The fourth-order valence-corrected chi connectivity index (χ4v) is 6.62. The minimum absolute atomic E-state index is 0.447. The van der Waals surface area contributed by atoms with Crippen LogP contribution in [0.5, 0.6) is 0 Å². The van der Waals surface area contributed by atoms with Crippen molar-refractivity contribution in [1.82, 2.24) is 15.3 Å². The fourth-order valence-electron chi connectivity index (χ4n) is 6.62. The zero-order chi connectivity index (χ0) is 25.6. The van der Waals surface area contributed by atoms with E-state index in [0.29, 0.717) is 12.0 Å². The lowest BCUT2D eigenvalue weighted by Gasteiger charge is -2.11. The molecule has 1 saturated heterocycles. The summed E-state index contributed by atoms with van der Waals surface area (Å²) in [6.07, 6.45) is 10.0. The molecule has 4 aromatic rings. The molecule has 1 aliphatic carbocycles. The van der Waals surface area contributed by atoms with Gasteiger partial charge in [-0.1, -0.05) is 62.4 Å². The van der Waals surface area contributed by atoms with Gasteiger partial charge in [-0.15, -0.1) is 0 Å². The Morgan fingerprint density at radius 3 is 2.24 bits per heavy atom. The molecule has 3 aliphatic rings. The molecule has 4 nitrogen and oxygen atoms in total. The quantitative estimate of drug-likeness (QED) is 0.292. The van der Waals surface area contributed by atoms with E-state index in [9.17, 15) is 0 Å². The molecular formula is C34H36N4. The van der Waals surface area contributed by atoms with E-state index in [-0.39, 0.29) is 0 Å². The van der Waals surface area contributed by atoms with Crippen molar-refractivity contribution in [2.45, 2.75) is 57.9 Å². The first-order valence-corrected chi connectivity index (χ1v) is 14.3. The van der Waals surface area contributed by atoms with Crippen LogP contribution in [0.3, 0.4) is 0 Å². The molecule has 4 atom stereocenters. The molecule has 3 heterocycles. The maximum Gasteiger partial charge on any atom is 0.109 e. The second-order valence-electron chi connectivity index (χ2n) is 11.9. The minimum atomic E-state index is 0.447. The van der Waals surface area contributed by atoms with Crippen LogP contribution >= 0.6 is 0 Å². The Hall–Kier alpha value is -3.50. The highest BCUT2D eigenvalue weighted by Gasteiger charge is 2.27. The largest absolute Gasteiger partial charge is 0.342 e. The average molecular weight is 501 g/mol. The van der Waals surface area contributed by atoms with Gasteiger partial charge >= 0.3 is 0 Å². The number of imidazole rings is 1. The molecule has 1 saturated carbocycles. The minimum Gasteiger partial charge on any atom is -0.342 e. The maximum absolute atomic E-state index is 4.76. The van der Waals surface area contributed by atoms with E-state index in [1.807, 2.05) is 6.20 Å². The topological polar surface area (TPSA) is 53.1 Å². The van der Waals surface area contributed by atoms with E-state index in [4.69, 9.17) is 9.98 Å². The van der Waals surface area contributed by atoms with Gasteiger partial charge in [0.05, 0.1) is 11.9 Å². The van der Waals surface area contributed by atoms with Crippen LogP contribution in [0, 0.1) is 11.8 Å². The number of fused-ring (bicyclic) bond motifs is 1. The van der Waals surface area contributed by atoms with E-state index in [1.54, 1.807) is 0 Å². The summed E-state index contributed by atoms with van der Waals surface area (Å²) >= 11 is 0. The highest BCUT2D eigenvalue weighted by Crippen LogP contribution is 2.37. The zero-order valence-corrected chi connectivity index (χ0v) is 22.4. The van der Waals surface area contributed by atoms with Crippen molar-refractivity contribution >= 4 is 22.1 Å². The van der Waals surface area contributed by atoms with E-state index in [2.05, 4.69) is 91.0 Å². The van der Waals surface area contributed by atoms with Gasteiger partial charge in [-0.25, -0.2) is 4.98 Å². The Morgan fingerprint density at radius 2 is 1.50 bits per heavy atom. The van der Waals surface area contributed by atoms with Gasteiger partial charge < -0.3 is 10.3 Å². The molecule has 1 aromatic heterocycles. The first-order chi connectivity index (χ1) is 18.6. The number of nitrogens with one attached hydrogen (secondary N) is 2. The molecule has 2 aliphatic heterocycles. The molecule has 2 fully saturated rings. The van der Waals surface area contributed by atoms with Crippen LogP contribution in [0.4, 0.5) is 0 Å². The van der Waals surface area contributed by atoms with Gasteiger partial charge in [0.25, 0.3) is 0 Å². The predicted octanol–water partition coefficient (Wildman–Crippen LogP) is 7.98. The number of benzene rings is 3. The molecule has 0 spiro atoms. The third kappa shape index (κ3) is 4.52. The van der Waals surface area contributed by atoms with Crippen LogP contribution in [0.1, 0.15) is 63.3 Å². The monoisotopic (exact) mass is 500 g/mol. The van der Waals surface area contributed by atoms with E-state index in [1.165, 1.54) is 70.0 Å². The summed E-state index contributed by atoms with van der Waals surface area (Å²) in [5.41, 5.74) is 8.70. The molecule has 192 valence electrons. The van der Waals surface area contributed by atoms with E-state index < -0.39 is 0 Å². The van der Waals surface area contributed by atoms with Crippen molar-refractivity contribution in [1.29, 1.82) is 0 Å². The second-order valence-corrected chi connectivity index (χ2v) is 11.9. The Balaban J connectivity index is 1.06. The molecule has 0 unspecified atom stereocenters. The van der Waals surface area contributed by atoms with Gasteiger partial charge in [0, 0.05) is 35.9 Å². The lowest BCUT2D eigenvalue weighted by atomic mass is 9.95. The molecule has 2 N–H and O–H groups in total. The summed E-state index contributed by atoms with van der Waals surface area (Å²) in [7, 11) is 0. The SMILES string of the molecule is C[C@H]1CC[C@H](c2ncc(-c3ccc4cc(-c5ccc(C6=CN=C([C@@H]7C[C@@H](C)CN7)C6)cc5)ccc4c3)[nH]2)C1. The van der Waals surface area contributed by atoms with Gasteiger partial charge in [0.1, 0.15) is 5.82 Å². The average Bonchev–Trinajstić information content (AvgIpc) is 3.75. The lowest BCUT2D eigenvalue weighted by molar-refractivity contribution is 0.588. The number of aromatic amines is 1. The van der Waals surface area contributed by atoms with Crippen LogP contribution in [0.25, 0.3) is 38.7 Å². The number of hydrogen-bond donors (Lipinski definition) is 2. The number of nitrogens with zero attached hydrogens (tertiary/aromatic N) is 2. The molecule has 4 heteroatoms. The number of rotatable bonds is 5. The zero-order valence-electron chi connectivity index (χ0n) is 22.4. The lowest BCUT2D eigenvalue weighted by Crippen LogP contribution is -2.29. The van der Waals surface area contributed by atoms with Crippen LogP contribution < -0.4 is 5.32 Å². The number of hydrogen-bond acceptors (Lipinski definition) is 3. The standard InChI is InChI=1S/C34H36N4/c1-21-3-4-29(13-21)34-37-20-33(38-34)28-12-11-26-15-25(9-10-27(26)16-28)23-5-7-24(8-6-23)30-17-32(36-19-30)31-14-22(2)18-35-31/h5-12,15-16,19-22,29,31,35H,3-4,13-14,17-18H2,1-2H3,(H,37,38)/t21-,22+,29-,31-/m0/s1. The normalized spacial score (nSPS) is 25.2. The summed E-state index contributed by atoms with van der Waals surface area (Å²) < 4.78 is 0. The Kier molecular flexibility index (Phi) is 6.01. The number of aliphatic imine (C=N–C) groups is 1. The van der Waals surface area contributed by atoms with Crippen molar-refractivity contribution in [3.8, 4) is 22.4 Å². The Morgan fingerprint density at radius 1 is 0.763 bits per heavy atom. The van der Waals surface area contributed by atoms with Crippen molar-refractivity contribution in [3.05, 3.63) is 84.4 Å². The molecule has 38 heavy (non-hydrogen) atoms. The van der Waals surface area contributed by atoms with Gasteiger partial charge in [-0.3, -0.25) is 4.99 Å². The molecule has 3 aromatic carbocycles. The third-order valence-electron chi connectivity index (χ3n) is 8.93. The molecule has 0 bridgehead atoms. The van der Waals surface area contributed by atoms with Crippen molar-refractivity contribution in [2.24, 2.45) is 16.8 Å². The van der Waals surface area contributed by atoms with Gasteiger partial charge in [0.2, 0.25) is 0 Å². The van der Waals surface area contributed by atoms with Crippen LogP contribution in [0.2, 0.25) is 0 Å². The number of allylic oxidation sites excluding steroid dienone is 1. The second kappa shape index (κ2) is 9.67. The van der Waals surface area contributed by atoms with Gasteiger partial charge in [-0.2, -0.15) is 0 Å². The predicted molar refractivity (Wildman–Crippen MR) is 158 cm³/mol. The molecule has 7 rings (SSSR count). The summed E-state index contributed by atoms with van der Waals surface area (Å²) in [5.74, 6) is 3.29. The number of aromatic nitrogens is 2. The summed E-state index contributed by atoms with van der Waals surface area (Å²) in [5, 5.41) is 6.14. The smallest absolute Gasteiger partial charge is 0.109 e. The van der Waals surface area contributed by atoms with Gasteiger partial charge in [-0.05, 0) is 89.2 Å². The first-order valence-electron chi connectivity index (χ1n) is 14.3. The summed E-state index contributed by atoms with van der Waals surface area (Å²) in [4.78, 5) is 13.1.